The topological polar surface area (TPSA) is 69.7 Å². The highest BCUT2D eigenvalue weighted by molar-refractivity contribution is 7.89. The molecule has 23 heavy (non-hydrogen) atoms. The number of terminal acetylenes is 1. The quantitative estimate of drug-likeness (QED) is 0.652. The van der Waals surface area contributed by atoms with Crippen molar-refractivity contribution in [3.63, 3.8) is 0 Å². The zero-order valence-electron chi connectivity index (χ0n) is 14.3. The van der Waals surface area contributed by atoms with Gasteiger partial charge in [0.1, 0.15) is 0 Å². The maximum Gasteiger partial charge on any atom is 0.234 e. The number of carbonyl (C=O) groups is 1. The number of amides is 1. The van der Waals surface area contributed by atoms with E-state index in [4.69, 9.17) is 6.42 Å². The summed E-state index contributed by atoms with van der Waals surface area (Å²) < 4.78 is 26.6. The van der Waals surface area contributed by atoms with E-state index in [1.54, 1.807) is 4.31 Å². The molecule has 0 aliphatic carbocycles. The molecular formula is C16H29N3O3S. The molecule has 1 amide bonds. The van der Waals surface area contributed by atoms with E-state index in [9.17, 15) is 13.2 Å². The third-order valence-electron chi connectivity index (χ3n) is 3.97. The van der Waals surface area contributed by atoms with Crippen molar-refractivity contribution in [1.29, 1.82) is 0 Å². The molecule has 1 rings (SSSR count). The summed E-state index contributed by atoms with van der Waals surface area (Å²) in [5.74, 6) is 2.64. The van der Waals surface area contributed by atoms with E-state index in [0.29, 0.717) is 19.6 Å². The molecule has 0 aromatic heterocycles. The van der Waals surface area contributed by atoms with Gasteiger partial charge in [-0.3, -0.25) is 9.69 Å². The van der Waals surface area contributed by atoms with Crippen LogP contribution >= 0.6 is 0 Å². The molecule has 7 heteroatoms. The van der Waals surface area contributed by atoms with Crippen LogP contribution < -0.4 is 5.32 Å². The average Bonchev–Trinajstić information content (AvgIpc) is 2.71. The third kappa shape index (κ3) is 7.34. The van der Waals surface area contributed by atoms with Crippen LogP contribution in [0.25, 0.3) is 0 Å². The molecule has 0 bridgehead atoms. The molecule has 1 fully saturated rings. The second-order valence-corrected chi connectivity index (χ2v) is 8.20. The van der Waals surface area contributed by atoms with Gasteiger partial charge in [-0.05, 0) is 25.3 Å². The Morgan fingerprint density at radius 3 is 2.70 bits per heavy atom. The van der Waals surface area contributed by atoms with E-state index in [2.05, 4.69) is 18.2 Å². The van der Waals surface area contributed by atoms with Gasteiger partial charge in [0.25, 0.3) is 0 Å². The number of nitrogens with zero attached hydrogens (tertiary/aromatic N) is 2. The smallest absolute Gasteiger partial charge is 0.234 e. The van der Waals surface area contributed by atoms with E-state index in [1.807, 2.05) is 11.8 Å². The van der Waals surface area contributed by atoms with Gasteiger partial charge in [0.2, 0.25) is 15.9 Å². The van der Waals surface area contributed by atoms with Crippen molar-refractivity contribution in [2.75, 3.05) is 45.0 Å². The Labute approximate surface area is 140 Å². The first-order valence-corrected chi connectivity index (χ1v) is 9.90. The van der Waals surface area contributed by atoms with E-state index in [1.165, 1.54) is 0 Å². The van der Waals surface area contributed by atoms with Gasteiger partial charge in [0.05, 0.1) is 18.8 Å². The molecule has 0 unspecified atom stereocenters. The minimum Gasteiger partial charge on any atom is -0.344 e. The molecule has 1 saturated heterocycles. The Kier molecular flexibility index (Phi) is 8.59. The van der Waals surface area contributed by atoms with Crippen molar-refractivity contribution >= 4 is 15.9 Å². The Morgan fingerprint density at radius 1 is 1.30 bits per heavy atom. The van der Waals surface area contributed by atoms with Gasteiger partial charge in [-0.15, -0.1) is 6.42 Å². The Hall–Kier alpha value is -1.10. The zero-order chi connectivity index (χ0) is 17.3. The molecule has 6 nitrogen and oxygen atoms in total. The van der Waals surface area contributed by atoms with E-state index < -0.39 is 10.0 Å². The van der Waals surface area contributed by atoms with Crippen LogP contribution in [0.1, 0.15) is 33.1 Å². The maximum atomic E-state index is 12.5. The lowest BCUT2D eigenvalue weighted by Gasteiger charge is -2.23. The highest BCUT2D eigenvalue weighted by Gasteiger charge is 2.27. The number of sulfonamides is 1. The number of nitrogens with one attached hydrogen (secondary N) is 1. The monoisotopic (exact) mass is 343 g/mol. The fraction of sp³-hybridized carbons (Fsp3) is 0.812. The summed E-state index contributed by atoms with van der Waals surface area (Å²) in [7, 11) is -3.21. The van der Waals surface area contributed by atoms with Crippen LogP contribution in [-0.4, -0.2) is 68.6 Å². The lowest BCUT2D eigenvalue weighted by Crippen LogP contribution is -2.40. The summed E-state index contributed by atoms with van der Waals surface area (Å²) in [5.41, 5.74) is 0. The maximum absolute atomic E-state index is 12.5. The van der Waals surface area contributed by atoms with Gasteiger partial charge in [0.15, 0.2) is 0 Å². The van der Waals surface area contributed by atoms with Crippen molar-refractivity contribution in [1.82, 2.24) is 14.5 Å². The molecule has 0 saturated carbocycles. The number of rotatable bonds is 8. The molecule has 1 atom stereocenters. The highest BCUT2D eigenvalue weighted by atomic mass is 32.2. The minimum absolute atomic E-state index is 0.115. The lowest BCUT2D eigenvalue weighted by molar-refractivity contribution is -0.121. The summed E-state index contributed by atoms with van der Waals surface area (Å²) in [5, 5.41) is 2.63. The molecule has 0 spiro atoms. The van der Waals surface area contributed by atoms with Crippen LogP contribution in [0.3, 0.4) is 0 Å². The first-order valence-electron chi connectivity index (χ1n) is 8.29. The fourth-order valence-corrected chi connectivity index (χ4v) is 4.70. The van der Waals surface area contributed by atoms with Crippen LogP contribution in [0.15, 0.2) is 0 Å². The Morgan fingerprint density at radius 2 is 2.04 bits per heavy atom. The molecular weight excluding hydrogens is 314 g/mol. The third-order valence-corrected chi connectivity index (χ3v) is 6.11. The summed E-state index contributed by atoms with van der Waals surface area (Å²) in [6.45, 7) is 6.82. The molecule has 0 radical (unpaired) electrons. The van der Waals surface area contributed by atoms with Gasteiger partial charge in [0, 0.05) is 19.6 Å². The molecule has 1 aliphatic heterocycles. The largest absolute Gasteiger partial charge is 0.344 e. The van der Waals surface area contributed by atoms with Crippen molar-refractivity contribution in [3.05, 3.63) is 0 Å². The number of hydrogen-bond donors (Lipinski definition) is 1. The molecule has 0 aromatic carbocycles. The average molecular weight is 343 g/mol. The van der Waals surface area contributed by atoms with Gasteiger partial charge in [-0.1, -0.05) is 26.2 Å². The van der Waals surface area contributed by atoms with Gasteiger partial charge in [-0.2, -0.15) is 0 Å². The van der Waals surface area contributed by atoms with Gasteiger partial charge in [-0.25, -0.2) is 12.7 Å². The second-order valence-electron chi connectivity index (χ2n) is 6.18. The van der Waals surface area contributed by atoms with Crippen LogP contribution in [0, 0.1) is 18.3 Å². The first kappa shape index (κ1) is 19.9. The van der Waals surface area contributed by atoms with Crippen molar-refractivity contribution in [2.45, 2.75) is 33.1 Å². The fourth-order valence-electron chi connectivity index (χ4n) is 2.83. The predicted octanol–water partition coefficient (Wildman–Crippen LogP) is 0.510. The summed E-state index contributed by atoms with van der Waals surface area (Å²) >= 11 is 0. The van der Waals surface area contributed by atoms with Gasteiger partial charge >= 0.3 is 0 Å². The van der Waals surface area contributed by atoms with E-state index >= 15 is 0 Å². The summed E-state index contributed by atoms with van der Waals surface area (Å²) in [4.78, 5) is 13.7. The van der Waals surface area contributed by atoms with Crippen LogP contribution in [-0.2, 0) is 14.8 Å². The van der Waals surface area contributed by atoms with Crippen LogP contribution in [0.4, 0.5) is 0 Å². The highest BCUT2D eigenvalue weighted by Crippen LogP contribution is 2.14. The number of hydrogen-bond acceptors (Lipinski definition) is 4. The van der Waals surface area contributed by atoms with Crippen LogP contribution in [0.2, 0.25) is 0 Å². The molecule has 0 aromatic rings. The molecule has 1 N–H and O–H groups in total. The zero-order valence-corrected chi connectivity index (χ0v) is 15.1. The first-order chi connectivity index (χ1) is 10.9. The van der Waals surface area contributed by atoms with E-state index in [-0.39, 0.29) is 30.7 Å². The van der Waals surface area contributed by atoms with Crippen molar-refractivity contribution in [3.8, 4) is 12.3 Å². The molecule has 132 valence electrons. The van der Waals surface area contributed by atoms with Crippen molar-refractivity contribution < 1.29 is 13.2 Å². The second kappa shape index (κ2) is 9.91. The summed E-state index contributed by atoms with van der Waals surface area (Å²) in [6, 6.07) is 0. The van der Waals surface area contributed by atoms with Crippen LogP contribution in [0.5, 0.6) is 0 Å². The van der Waals surface area contributed by atoms with Gasteiger partial charge < -0.3 is 5.32 Å². The lowest BCUT2D eigenvalue weighted by atomic mass is 10.1. The minimum atomic E-state index is -3.21. The Bertz CT molecular complexity index is 513. The standard InChI is InChI=1S/C16H29N3O3S/c1-4-7-15(3)14-23(21,22)19-10-6-9-18(11-12-19)13-16(20)17-8-5-2/h2,15H,4,6-14H2,1,3H3,(H,17,20)/t15-/m1/s1. The van der Waals surface area contributed by atoms with Crippen molar-refractivity contribution in [2.24, 2.45) is 5.92 Å². The van der Waals surface area contributed by atoms with E-state index in [0.717, 1.165) is 25.8 Å². The summed E-state index contributed by atoms with van der Waals surface area (Å²) in [6.07, 6.45) is 7.77. The SMILES string of the molecule is C#CCNC(=O)CN1CCCN(S(=O)(=O)C[C@H](C)CCC)CC1. The molecule has 1 aliphatic rings. The number of carbonyl (C=O) groups excluding carboxylic acids is 1. The normalized spacial score (nSPS) is 18.8. The Balaban J connectivity index is 2.51. The predicted molar refractivity (Wildman–Crippen MR) is 92.3 cm³/mol. The molecule has 1 heterocycles.